The highest BCUT2D eigenvalue weighted by Crippen LogP contribution is 2.40. The minimum Gasteiger partial charge on any atom is -0.465 e. The molecule has 1 N–H and O–H groups in total. The molecule has 2 aromatic rings. The zero-order valence-corrected chi connectivity index (χ0v) is 12.7. The highest BCUT2D eigenvalue weighted by atomic mass is 16.5. The zero-order chi connectivity index (χ0) is 15.5. The summed E-state index contributed by atoms with van der Waals surface area (Å²) in [6.45, 7) is 2.46. The topological polar surface area (TPSA) is 77.0 Å². The van der Waals surface area contributed by atoms with Crippen molar-refractivity contribution >= 4 is 11.9 Å². The summed E-state index contributed by atoms with van der Waals surface area (Å²) in [5, 5.41) is 3.14. The van der Waals surface area contributed by atoms with Crippen molar-refractivity contribution < 1.29 is 9.53 Å². The third-order valence-electron chi connectivity index (χ3n) is 3.56. The minimum absolute atomic E-state index is 0.323. The Morgan fingerprint density at radius 2 is 2.05 bits per heavy atom. The maximum Gasteiger partial charge on any atom is 0.339 e. The lowest BCUT2D eigenvalue weighted by Crippen LogP contribution is -2.11. The summed E-state index contributed by atoms with van der Waals surface area (Å²) in [6.07, 6.45) is 5.68. The molecule has 2 heterocycles. The number of carbonyl (C=O) groups is 1. The third-order valence-corrected chi connectivity index (χ3v) is 3.56. The second-order valence-electron chi connectivity index (χ2n) is 5.44. The van der Waals surface area contributed by atoms with E-state index < -0.39 is 0 Å². The van der Waals surface area contributed by atoms with E-state index in [-0.39, 0.29) is 5.97 Å². The van der Waals surface area contributed by atoms with Gasteiger partial charge in [0.05, 0.1) is 30.6 Å². The molecular weight excluding hydrogens is 280 g/mol. The number of rotatable bonds is 5. The molecule has 6 heteroatoms. The van der Waals surface area contributed by atoms with Crippen LogP contribution in [-0.2, 0) is 11.3 Å². The Labute approximate surface area is 129 Å². The van der Waals surface area contributed by atoms with Crippen LogP contribution < -0.4 is 5.32 Å². The molecular formula is C16H18N4O2. The maximum absolute atomic E-state index is 11.8. The molecule has 6 nitrogen and oxygen atoms in total. The van der Waals surface area contributed by atoms with E-state index in [9.17, 15) is 4.79 Å². The van der Waals surface area contributed by atoms with Crippen molar-refractivity contribution in [3.8, 4) is 0 Å². The van der Waals surface area contributed by atoms with Crippen LogP contribution in [0.4, 0.5) is 5.95 Å². The van der Waals surface area contributed by atoms with Gasteiger partial charge in [-0.15, -0.1) is 0 Å². The Bertz CT molecular complexity index is 681. The van der Waals surface area contributed by atoms with Gasteiger partial charge in [0.1, 0.15) is 0 Å². The maximum atomic E-state index is 11.8. The largest absolute Gasteiger partial charge is 0.465 e. The predicted molar refractivity (Wildman–Crippen MR) is 81.6 cm³/mol. The minimum atomic E-state index is -0.323. The van der Waals surface area contributed by atoms with E-state index in [0.717, 1.165) is 29.8 Å². The van der Waals surface area contributed by atoms with E-state index in [4.69, 9.17) is 4.74 Å². The van der Waals surface area contributed by atoms with E-state index in [0.29, 0.717) is 24.0 Å². The lowest BCUT2D eigenvalue weighted by molar-refractivity contribution is 0.0599. The quantitative estimate of drug-likeness (QED) is 0.854. The summed E-state index contributed by atoms with van der Waals surface area (Å²) in [5.74, 6) is 0.623. The smallest absolute Gasteiger partial charge is 0.339 e. The van der Waals surface area contributed by atoms with E-state index in [1.807, 2.05) is 13.0 Å². The van der Waals surface area contributed by atoms with Crippen molar-refractivity contribution in [2.24, 2.45) is 0 Å². The van der Waals surface area contributed by atoms with Gasteiger partial charge in [-0.25, -0.2) is 14.8 Å². The van der Waals surface area contributed by atoms with Crippen LogP contribution in [-0.4, -0.2) is 28.0 Å². The predicted octanol–water partition coefficient (Wildman–Crippen LogP) is 2.46. The molecule has 0 amide bonds. The molecule has 1 fully saturated rings. The lowest BCUT2D eigenvalue weighted by Gasteiger charge is -2.09. The molecule has 1 aliphatic carbocycles. The summed E-state index contributed by atoms with van der Waals surface area (Å²) in [5.41, 5.74) is 3.29. The standard InChI is InChI=1S/C16H18N4O2/c1-10-7-17-16(18-8-10)19-9-12-5-6-13(15(21)22-2)14(20-12)11-3-4-11/h5-8,11H,3-4,9H2,1-2H3,(H,17,18,19). The second kappa shape index (κ2) is 6.09. The lowest BCUT2D eigenvalue weighted by atomic mass is 10.1. The van der Waals surface area contributed by atoms with Crippen LogP contribution in [0.25, 0.3) is 0 Å². The summed E-state index contributed by atoms with van der Waals surface area (Å²) in [6, 6.07) is 3.62. The van der Waals surface area contributed by atoms with Crippen molar-refractivity contribution in [1.82, 2.24) is 15.0 Å². The van der Waals surface area contributed by atoms with Crippen molar-refractivity contribution in [2.45, 2.75) is 32.2 Å². The molecule has 0 aromatic carbocycles. The fourth-order valence-corrected chi connectivity index (χ4v) is 2.22. The molecule has 0 saturated heterocycles. The monoisotopic (exact) mass is 298 g/mol. The molecule has 0 unspecified atom stereocenters. The number of hydrogen-bond acceptors (Lipinski definition) is 6. The molecule has 0 bridgehead atoms. The van der Waals surface area contributed by atoms with Crippen molar-refractivity contribution in [2.75, 3.05) is 12.4 Å². The molecule has 3 rings (SSSR count). The van der Waals surface area contributed by atoms with E-state index in [2.05, 4.69) is 20.3 Å². The number of nitrogens with zero attached hydrogens (tertiary/aromatic N) is 3. The normalized spacial score (nSPS) is 13.7. The van der Waals surface area contributed by atoms with Gasteiger partial charge in [0.15, 0.2) is 0 Å². The van der Waals surface area contributed by atoms with Crippen molar-refractivity contribution in [3.63, 3.8) is 0 Å². The van der Waals surface area contributed by atoms with E-state index >= 15 is 0 Å². The molecule has 0 aliphatic heterocycles. The highest BCUT2D eigenvalue weighted by molar-refractivity contribution is 5.90. The number of esters is 1. The van der Waals surface area contributed by atoms with Crippen LogP contribution in [0.3, 0.4) is 0 Å². The molecule has 22 heavy (non-hydrogen) atoms. The van der Waals surface area contributed by atoms with Crippen molar-refractivity contribution in [1.29, 1.82) is 0 Å². The molecule has 1 aliphatic rings. The van der Waals surface area contributed by atoms with Gasteiger partial charge >= 0.3 is 5.97 Å². The van der Waals surface area contributed by atoms with Gasteiger partial charge < -0.3 is 10.1 Å². The second-order valence-corrected chi connectivity index (χ2v) is 5.44. The number of anilines is 1. The van der Waals surface area contributed by atoms with Crippen molar-refractivity contribution in [3.05, 3.63) is 47.0 Å². The van der Waals surface area contributed by atoms with Crippen LogP contribution in [0.5, 0.6) is 0 Å². The zero-order valence-electron chi connectivity index (χ0n) is 12.7. The number of nitrogens with one attached hydrogen (secondary N) is 1. The summed E-state index contributed by atoms with van der Waals surface area (Å²) in [7, 11) is 1.39. The van der Waals surface area contributed by atoms with Gasteiger partial charge in [-0.05, 0) is 37.5 Å². The Morgan fingerprint density at radius 3 is 2.68 bits per heavy atom. The fourth-order valence-electron chi connectivity index (χ4n) is 2.22. The molecule has 0 atom stereocenters. The SMILES string of the molecule is COC(=O)c1ccc(CNc2ncc(C)cn2)nc1C1CC1. The number of aryl methyl sites for hydroxylation is 1. The Balaban J connectivity index is 1.75. The first kappa shape index (κ1) is 14.4. The van der Waals surface area contributed by atoms with Gasteiger partial charge in [0, 0.05) is 18.3 Å². The van der Waals surface area contributed by atoms with Gasteiger partial charge in [-0.3, -0.25) is 4.98 Å². The number of hydrogen-bond donors (Lipinski definition) is 1. The van der Waals surface area contributed by atoms with Crippen LogP contribution in [0.2, 0.25) is 0 Å². The Hall–Kier alpha value is -2.50. The molecule has 0 spiro atoms. The van der Waals surface area contributed by atoms with Crippen LogP contribution in [0.15, 0.2) is 24.5 Å². The average molecular weight is 298 g/mol. The first-order valence-corrected chi connectivity index (χ1v) is 7.28. The van der Waals surface area contributed by atoms with E-state index in [1.54, 1.807) is 18.5 Å². The Kier molecular flexibility index (Phi) is 4.00. The summed E-state index contributed by atoms with van der Waals surface area (Å²) in [4.78, 5) is 24.8. The molecule has 2 aromatic heterocycles. The first-order chi connectivity index (χ1) is 10.7. The third kappa shape index (κ3) is 3.21. The highest BCUT2D eigenvalue weighted by Gasteiger charge is 2.30. The number of aromatic nitrogens is 3. The number of ether oxygens (including phenoxy) is 1. The average Bonchev–Trinajstić information content (AvgIpc) is 3.38. The molecule has 0 radical (unpaired) electrons. The number of carbonyl (C=O) groups excluding carboxylic acids is 1. The van der Waals surface area contributed by atoms with Crippen LogP contribution in [0.1, 0.15) is 46.1 Å². The van der Waals surface area contributed by atoms with Gasteiger partial charge in [-0.1, -0.05) is 0 Å². The Morgan fingerprint density at radius 1 is 1.32 bits per heavy atom. The molecule has 114 valence electrons. The van der Waals surface area contributed by atoms with E-state index in [1.165, 1.54) is 7.11 Å². The van der Waals surface area contributed by atoms with Gasteiger partial charge in [0.25, 0.3) is 0 Å². The van der Waals surface area contributed by atoms with Gasteiger partial charge in [-0.2, -0.15) is 0 Å². The fraction of sp³-hybridized carbons (Fsp3) is 0.375. The van der Waals surface area contributed by atoms with Gasteiger partial charge in [0.2, 0.25) is 5.95 Å². The molecule has 1 saturated carbocycles. The van der Waals surface area contributed by atoms with Crippen LogP contribution >= 0.6 is 0 Å². The summed E-state index contributed by atoms with van der Waals surface area (Å²) < 4.78 is 4.82. The number of pyridine rings is 1. The summed E-state index contributed by atoms with van der Waals surface area (Å²) >= 11 is 0. The number of methoxy groups -OCH3 is 1. The first-order valence-electron chi connectivity index (χ1n) is 7.28. The van der Waals surface area contributed by atoms with Crippen LogP contribution in [0, 0.1) is 6.92 Å².